The van der Waals surface area contributed by atoms with E-state index in [1.54, 1.807) is 0 Å². The summed E-state index contributed by atoms with van der Waals surface area (Å²) in [5.41, 5.74) is 7.99. The normalized spacial score (nSPS) is 12.8. The van der Waals surface area contributed by atoms with Crippen LogP contribution in [0.3, 0.4) is 0 Å². The second kappa shape index (κ2) is 5.00. The van der Waals surface area contributed by atoms with Crippen LogP contribution in [0.4, 0.5) is 0 Å². The minimum Gasteiger partial charge on any atom is -0.392 e. The van der Waals surface area contributed by atoms with E-state index in [0.29, 0.717) is 0 Å². The lowest BCUT2D eigenvalue weighted by atomic mass is 9.98. The molecule has 0 fully saturated rings. The molecule has 1 atom stereocenters. The van der Waals surface area contributed by atoms with Crippen molar-refractivity contribution in [1.29, 1.82) is 0 Å². The van der Waals surface area contributed by atoms with Gasteiger partial charge in [-0.25, -0.2) is 0 Å². The summed E-state index contributed by atoms with van der Waals surface area (Å²) < 4.78 is 0. The highest BCUT2D eigenvalue weighted by molar-refractivity contribution is 5.29. The molecule has 2 nitrogen and oxygen atoms in total. The van der Waals surface area contributed by atoms with Crippen molar-refractivity contribution in [1.82, 2.24) is 0 Å². The number of aliphatic hydroxyl groups is 1. The second-order valence-corrected chi connectivity index (χ2v) is 3.25. The van der Waals surface area contributed by atoms with Crippen LogP contribution in [0.2, 0.25) is 0 Å². The molecule has 72 valence electrons. The van der Waals surface area contributed by atoms with E-state index in [4.69, 9.17) is 10.8 Å². The summed E-state index contributed by atoms with van der Waals surface area (Å²) >= 11 is 0. The first kappa shape index (κ1) is 10.2. The van der Waals surface area contributed by atoms with E-state index in [-0.39, 0.29) is 12.6 Å². The maximum atomic E-state index is 9.08. The topological polar surface area (TPSA) is 46.2 Å². The third-order valence-electron chi connectivity index (χ3n) is 2.22. The maximum absolute atomic E-state index is 9.08. The van der Waals surface area contributed by atoms with Crippen LogP contribution in [0.1, 0.15) is 36.9 Å². The molecule has 0 aromatic heterocycles. The van der Waals surface area contributed by atoms with Gasteiger partial charge in [0, 0.05) is 6.04 Å². The highest BCUT2D eigenvalue weighted by Crippen LogP contribution is 2.19. The van der Waals surface area contributed by atoms with E-state index in [9.17, 15) is 0 Å². The van der Waals surface area contributed by atoms with Gasteiger partial charge in [0.2, 0.25) is 0 Å². The molecule has 0 radical (unpaired) electrons. The molecule has 0 aliphatic heterocycles. The van der Waals surface area contributed by atoms with Crippen molar-refractivity contribution in [2.75, 3.05) is 0 Å². The van der Waals surface area contributed by atoms with Crippen LogP contribution in [-0.4, -0.2) is 5.11 Å². The molecular formula is C11H17NO. The lowest BCUT2D eigenvalue weighted by Gasteiger charge is -2.14. The summed E-state index contributed by atoms with van der Waals surface area (Å²) in [6.45, 7) is 2.19. The smallest absolute Gasteiger partial charge is 0.0685 e. The van der Waals surface area contributed by atoms with E-state index in [0.717, 1.165) is 24.0 Å². The highest BCUT2D eigenvalue weighted by atomic mass is 16.3. The van der Waals surface area contributed by atoms with Crippen molar-refractivity contribution in [3.8, 4) is 0 Å². The van der Waals surface area contributed by atoms with Crippen molar-refractivity contribution in [3.05, 3.63) is 35.4 Å². The van der Waals surface area contributed by atoms with Gasteiger partial charge in [0.15, 0.2) is 0 Å². The molecular weight excluding hydrogens is 162 g/mol. The predicted octanol–water partition coefficient (Wildman–Crippen LogP) is 1.98. The minimum atomic E-state index is 0.0633. The molecule has 3 N–H and O–H groups in total. The fraction of sp³-hybridized carbons (Fsp3) is 0.455. The summed E-state index contributed by atoms with van der Waals surface area (Å²) in [4.78, 5) is 0. The molecule has 0 heterocycles. The van der Waals surface area contributed by atoms with E-state index in [1.807, 2.05) is 24.3 Å². The Morgan fingerprint density at radius 1 is 1.38 bits per heavy atom. The van der Waals surface area contributed by atoms with Crippen LogP contribution >= 0.6 is 0 Å². The number of aliphatic hydroxyl groups excluding tert-OH is 1. The summed E-state index contributed by atoms with van der Waals surface area (Å²) in [7, 11) is 0. The number of benzene rings is 1. The Labute approximate surface area is 79.4 Å². The molecule has 1 unspecified atom stereocenters. The van der Waals surface area contributed by atoms with E-state index >= 15 is 0 Å². The average molecular weight is 179 g/mol. The Morgan fingerprint density at radius 2 is 2.08 bits per heavy atom. The van der Waals surface area contributed by atoms with Gasteiger partial charge < -0.3 is 10.8 Å². The maximum Gasteiger partial charge on any atom is 0.0685 e. The van der Waals surface area contributed by atoms with Crippen LogP contribution < -0.4 is 5.73 Å². The monoisotopic (exact) mass is 179 g/mol. The summed E-state index contributed by atoms with van der Waals surface area (Å²) in [5, 5.41) is 9.08. The summed E-state index contributed by atoms with van der Waals surface area (Å²) in [6.07, 6.45) is 2.04. The third-order valence-corrected chi connectivity index (χ3v) is 2.22. The van der Waals surface area contributed by atoms with Crippen LogP contribution in [0, 0.1) is 0 Å². The molecule has 1 aromatic rings. The molecule has 1 aromatic carbocycles. The Morgan fingerprint density at radius 3 is 2.69 bits per heavy atom. The average Bonchev–Trinajstić information content (AvgIpc) is 2.18. The van der Waals surface area contributed by atoms with Gasteiger partial charge in [-0.2, -0.15) is 0 Å². The SMILES string of the molecule is CCCC(N)c1ccccc1CO. The fourth-order valence-corrected chi connectivity index (χ4v) is 1.51. The number of rotatable bonds is 4. The molecule has 1 rings (SSSR count). The molecule has 13 heavy (non-hydrogen) atoms. The second-order valence-electron chi connectivity index (χ2n) is 3.25. The van der Waals surface area contributed by atoms with E-state index in [2.05, 4.69) is 6.92 Å². The van der Waals surface area contributed by atoms with Crippen molar-refractivity contribution < 1.29 is 5.11 Å². The lowest BCUT2D eigenvalue weighted by molar-refractivity contribution is 0.279. The lowest BCUT2D eigenvalue weighted by Crippen LogP contribution is -2.12. The zero-order chi connectivity index (χ0) is 9.68. The van der Waals surface area contributed by atoms with Crippen LogP contribution in [0.15, 0.2) is 24.3 Å². The van der Waals surface area contributed by atoms with Crippen LogP contribution in [0.5, 0.6) is 0 Å². The molecule has 0 bridgehead atoms. The Kier molecular flexibility index (Phi) is 3.93. The van der Waals surface area contributed by atoms with Crippen molar-refractivity contribution in [3.63, 3.8) is 0 Å². The van der Waals surface area contributed by atoms with Crippen molar-refractivity contribution in [2.45, 2.75) is 32.4 Å². The Balaban J connectivity index is 2.85. The van der Waals surface area contributed by atoms with Gasteiger partial charge in [0.1, 0.15) is 0 Å². The summed E-state index contributed by atoms with van der Waals surface area (Å²) in [6, 6.07) is 7.86. The van der Waals surface area contributed by atoms with Gasteiger partial charge in [-0.1, -0.05) is 37.6 Å². The largest absolute Gasteiger partial charge is 0.392 e. The van der Waals surface area contributed by atoms with Crippen LogP contribution in [0.25, 0.3) is 0 Å². The molecule has 0 spiro atoms. The summed E-state index contributed by atoms with van der Waals surface area (Å²) in [5.74, 6) is 0. The highest BCUT2D eigenvalue weighted by Gasteiger charge is 2.08. The van der Waals surface area contributed by atoms with E-state index < -0.39 is 0 Å². The van der Waals surface area contributed by atoms with Crippen molar-refractivity contribution >= 4 is 0 Å². The molecule has 0 saturated carbocycles. The molecule has 0 aliphatic rings. The third kappa shape index (κ3) is 2.54. The van der Waals surface area contributed by atoms with Crippen LogP contribution in [-0.2, 0) is 6.61 Å². The Bertz CT molecular complexity index is 260. The standard InChI is InChI=1S/C11H17NO/c1-2-5-11(12)10-7-4-3-6-9(10)8-13/h3-4,6-7,11,13H,2,5,8,12H2,1H3. The molecule has 0 amide bonds. The first-order valence-electron chi connectivity index (χ1n) is 4.73. The first-order chi connectivity index (χ1) is 6.29. The van der Waals surface area contributed by atoms with Gasteiger partial charge in [-0.15, -0.1) is 0 Å². The van der Waals surface area contributed by atoms with Gasteiger partial charge in [0.05, 0.1) is 6.61 Å². The number of hydrogen-bond donors (Lipinski definition) is 2. The zero-order valence-corrected chi connectivity index (χ0v) is 8.03. The number of hydrogen-bond acceptors (Lipinski definition) is 2. The molecule has 0 saturated heterocycles. The quantitative estimate of drug-likeness (QED) is 0.742. The van der Waals surface area contributed by atoms with Gasteiger partial charge in [-0.05, 0) is 17.5 Å². The predicted molar refractivity (Wildman–Crippen MR) is 54.2 cm³/mol. The Hall–Kier alpha value is -0.860. The zero-order valence-electron chi connectivity index (χ0n) is 8.03. The number of nitrogens with two attached hydrogens (primary N) is 1. The van der Waals surface area contributed by atoms with Crippen molar-refractivity contribution in [2.24, 2.45) is 5.73 Å². The molecule has 0 aliphatic carbocycles. The van der Waals surface area contributed by atoms with Gasteiger partial charge >= 0.3 is 0 Å². The fourth-order valence-electron chi connectivity index (χ4n) is 1.51. The van der Waals surface area contributed by atoms with Gasteiger partial charge in [-0.3, -0.25) is 0 Å². The van der Waals surface area contributed by atoms with E-state index in [1.165, 1.54) is 0 Å². The first-order valence-corrected chi connectivity index (χ1v) is 4.73. The molecule has 2 heteroatoms. The van der Waals surface area contributed by atoms with Gasteiger partial charge in [0.25, 0.3) is 0 Å². The minimum absolute atomic E-state index is 0.0633.